The Balaban J connectivity index is 1.70. The molecule has 6 heteroatoms. The molecule has 0 aliphatic heterocycles. The first kappa shape index (κ1) is 16.0. The average molecular weight is 337 g/mol. The van der Waals surface area contributed by atoms with E-state index in [1.807, 2.05) is 60.9 Å². The third-order valence-electron chi connectivity index (χ3n) is 3.22. The molecule has 0 aliphatic carbocycles. The predicted molar refractivity (Wildman–Crippen MR) is 95.6 cm³/mol. The van der Waals surface area contributed by atoms with E-state index >= 15 is 0 Å². The number of benzene rings is 2. The molecular formula is C18H15N3O2S. The normalized spacial score (nSPS) is 10.9. The summed E-state index contributed by atoms with van der Waals surface area (Å²) < 4.78 is 5.53. The highest BCUT2D eigenvalue weighted by molar-refractivity contribution is 7.98. The molecule has 5 nitrogen and oxygen atoms in total. The van der Waals surface area contributed by atoms with Crippen molar-refractivity contribution < 1.29 is 9.21 Å². The van der Waals surface area contributed by atoms with E-state index in [4.69, 9.17) is 4.42 Å². The van der Waals surface area contributed by atoms with Gasteiger partial charge in [-0.3, -0.25) is 10.1 Å². The molecule has 1 N–H and O–H groups in total. The zero-order valence-corrected chi connectivity index (χ0v) is 13.8. The van der Waals surface area contributed by atoms with Crippen LogP contribution in [0.5, 0.6) is 0 Å². The number of carbonyl (C=O) groups is 1. The van der Waals surface area contributed by atoms with Crippen LogP contribution >= 0.6 is 11.8 Å². The SMILES string of the molecule is CSc1ccccc1-c1nnc(NC(=O)C=Cc2ccccc2)o1. The van der Waals surface area contributed by atoms with Crippen molar-refractivity contribution in [2.24, 2.45) is 0 Å². The Morgan fingerprint density at radius 2 is 1.83 bits per heavy atom. The van der Waals surface area contributed by atoms with E-state index in [9.17, 15) is 4.79 Å². The van der Waals surface area contributed by atoms with Crippen LogP contribution in [0.1, 0.15) is 5.56 Å². The molecule has 0 atom stereocenters. The van der Waals surface area contributed by atoms with Gasteiger partial charge in [0.15, 0.2) is 0 Å². The molecule has 3 rings (SSSR count). The Morgan fingerprint density at radius 1 is 1.08 bits per heavy atom. The van der Waals surface area contributed by atoms with Crippen LogP contribution in [-0.2, 0) is 4.79 Å². The molecule has 0 bridgehead atoms. The van der Waals surface area contributed by atoms with Crippen molar-refractivity contribution >= 4 is 29.8 Å². The molecule has 3 aromatic rings. The number of nitrogens with one attached hydrogen (secondary N) is 1. The Labute approximate surface area is 143 Å². The van der Waals surface area contributed by atoms with Crippen LogP contribution in [0.2, 0.25) is 0 Å². The molecule has 1 aromatic heterocycles. The van der Waals surface area contributed by atoms with Gasteiger partial charge in [0.05, 0.1) is 5.56 Å². The molecule has 120 valence electrons. The fraction of sp³-hybridized carbons (Fsp3) is 0.0556. The van der Waals surface area contributed by atoms with Gasteiger partial charge in [-0.05, 0) is 30.0 Å². The highest BCUT2D eigenvalue weighted by atomic mass is 32.2. The van der Waals surface area contributed by atoms with Crippen LogP contribution in [-0.4, -0.2) is 22.4 Å². The summed E-state index contributed by atoms with van der Waals surface area (Å²) >= 11 is 1.59. The molecule has 0 radical (unpaired) electrons. The Hall–Kier alpha value is -2.86. The van der Waals surface area contributed by atoms with Gasteiger partial charge in [-0.2, -0.15) is 0 Å². The lowest BCUT2D eigenvalue weighted by Crippen LogP contribution is -2.07. The number of thioether (sulfide) groups is 1. The van der Waals surface area contributed by atoms with Crippen LogP contribution in [0.4, 0.5) is 6.01 Å². The lowest BCUT2D eigenvalue weighted by Gasteiger charge is -2.01. The summed E-state index contributed by atoms with van der Waals surface area (Å²) in [7, 11) is 0. The summed E-state index contributed by atoms with van der Waals surface area (Å²) in [6.45, 7) is 0. The molecule has 0 aliphatic rings. The van der Waals surface area contributed by atoms with Crippen LogP contribution in [0.15, 0.2) is 70.0 Å². The number of hydrogen-bond donors (Lipinski definition) is 1. The van der Waals surface area contributed by atoms with Crippen LogP contribution in [0.25, 0.3) is 17.5 Å². The molecular weight excluding hydrogens is 322 g/mol. The van der Waals surface area contributed by atoms with Crippen molar-refractivity contribution in [3.05, 3.63) is 66.2 Å². The third kappa shape index (κ3) is 3.91. The molecule has 0 spiro atoms. The second-order valence-corrected chi connectivity index (χ2v) is 5.69. The Kier molecular flexibility index (Phi) is 5.08. The molecule has 0 saturated carbocycles. The molecule has 2 aromatic carbocycles. The summed E-state index contributed by atoms with van der Waals surface area (Å²) in [5, 5.41) is 10.4. The maximum atomic E-state index is 11.9. The van der Waals surface area contributed by atoms with E-state index in [1.54, 1.807) is 17.8 Å². The molecule has 0 fully saturated rings. The van der Waals surface area contributed by atoms with Gasteiger partial charge >= 0.3 is 6.01 Å². The Bertz CT molecular complexity index is 859. The standard InChI is InChI=1S/C18H15N3O2S/c1-24-15-10-6-5-9-14(15)17-20-21-18(23-17)19-16(22)12-11-13-7-3-2-4-8-13/h2-12H,1H3,(H,19,21,22). The lowest BCUT2D eigenvalue weighted by atomic mass is 10.2. The summed E-state index contributed by atoms with van der Waals surface area (Å²) in [4.78, 5) is 13.0. The number of aromatic nitrogens is 2. The van der Waals surface area contributed by atoms with Crippen LogP contribution in [0.3, 0.4) is 0 Å². The predicted octanol–water partition coefficient (Wildman–Crippen LogP) is 4.11. The number of rotatable bonds is 5. The molecule has 0 unspecified atom stereocenters. The summed E-state index contributed by atoms with van der Waals surface area (Å²) in [5.41, 5.74) is 1.78. The van der Waals surface area contributed by atoms with E-state index in [0.29, 0.717) is 5.89 Å². The van der Waals surface area contributed by atoms with Gasteiger partial charge in [0.25, 0.3) is 11.8 Å². The smallest absolute Gasteiger partial charge is 0.322 e. The monoisotopic (exact) mass is 337 g/mol. The van der Waals surface area contributed by atoms with Crippen molar-refractivity contribution in [1.29, 1.82) is 0 Å². The quantitative estimate of drug-likeness (QED) is 0.560. The Morgan fingerprint density at radius 3 is 2.62 bits per heavy atom. The summed E-state index contributed by atoms with van der Waals surface area (Å²) in [5.74, 6) is 0.0505. The fourth-order valence-corrected chi connectivity index (χ4v) is 2.68. The fourth-order valence-electron chi connectivity index (χ4n) is 2.09. The zero-order valence-electron chi connectivity index (χ0n) is 13.0. The van der Waals surface area contributed by atoms with Gasteiger partial charge in [-0.1, -0.05) is 47.6 Å². The van der Waals surface area contributed by atoms with Crippen LogP contribution < -0.4 is 5.32 Å². The highest BCUT2D eigenvalue weighted by Gasteiger charge is 2.12. The number of hydrogen-bond acceptors (Lipinski definition) is 5. The van der Waals surface area contributed by atoms with Gasteiger partial charge in [-0.25, -0.2) is 0 Å². The molecule has 1 heterocycles. The van der Waals surface area contributed by atoms with Gasteiger partial charge in [0.1, 0.15) is 0 Å². The number of amides is 1. The van der Waals surface area contributed by atoms with Gasteiger partial charge in [0, 0.05) is 11.0 Å². The highest BCUT2D eigenvalue weighted by Crippen LogP contribution is 2.29. The van der Waals surface area contributed by atoms with E-state index in [1.165, 1.54) is 6.08 Å². The third-order valence-corrected chi connectivity index (χ3v) is 4.02. The van der Waals surface area contributed by atoms with Crippen LogP contribution in [0, 0.1) is 0 Å². The van der Waals surface area contributed by atoms with Gasteiger partial charge in [-0.15, -0.1) is 16.9 Å². The number of carbonyl (C=O) groups excluding carboxylic acids is 1. The first-order valence-corrected chi connectivity index (χ1v) is 8.50. The van der Waals surface area contributed by atoms with Crippen molar-refractivity contribution in [1.82, 2.24) is 10.2 Å². The van der Waals surface area contributed by atoms with Crippen molar-refractivity contribution in [2.45, 2.75) is 4.90 Å². The largest absolute Gasteiger partial charge is 0.403 e. The minimum Gasteiger partial charge on any atom is -0.403 e. The minimum atomic E-state index is -0.327. The maximum Gasteiger partial charge on any atom is 0.322 e. The average Bonchev–Trinajstić information content (AvgIpc) is 3.09. The topological polar surface area (TPSA) is 68.0 Å². The minimum absolute atomic E-state index is 0.0728. The summed E-state index contributed by atoms with van der Waals surface area (Å²) in [6.07, 6.45) is 5.12. The first-order chi connectivity index (χ1) is 11.8. The molecule has 0 saturated heterocycles. The number of nitrogens with zero attached hydrogens (tertiary/aromatic N) is 2. The molecule has 1 amide bonds. The number of anilines is 1. The first-order valence-electron chi connectivity index (χ1n) is 7.27. The van der Waals surface area contributed by atoms with E-state index in [2.05, 4.69) is 15.5 Å². The maximum absolute atomic E-state index is 11.9. The second kappa shape index (κ2) is 7.61. The van der Waals surface area contributed by atoms with Gasteiger partial charge in [0.2, 0.25) is 0 Å². The summed E-state index contributed by atoms with van der Waals surface area (Å²) in [6, 6.07) is 17.4. The van der Waals surface area contributed by atoms with Gasteiger partial charge < -0.3 is 4.42 Å². The van der Waals surface area contributed by atoms with Crippen molar-refractivity contribution in [3.8, 4) is 11.5 Å². The van der Waals surface area contributed by atoms with Crippen molar-refractivity contribution in [2.75, 3.05) is 11.6 Å². The van der Waals surface area contributed by atoms with E-state index in [0.717, 1.165) is 16.0 Å². The zero-order chi connectivity index (χ0) is 16.8. The van der Waals surface area contributed by atoms with E-state index in [-0.39, 0.29) is 11.9 Å². The van der Waals surface area contributed by atoms with E-state index < -0.39 is 0 Å². The second-order valence-electron chi connectivity index (χ2n) is 4.85. The van der Waals surface area contributed by atoms with Crippen molar-refractivity contribution in [3.63, 3.8) is 0 Å². The molecule has 24 heavy (non-hydrogen) atoms. The lowest BCUT2D eigenvalue weighted by molar-refractivity contribution is -0.112.